The molecule has 20 heavy (non-hydrogen) atoms. The lowest BCUT2D eigenvalue weighted by Crippen LogP contribution is -2.23. The van der Waals surface area contributed by atoms with Gasteiger partial charge in [-0.1, -0.05) is 18.2 Å². The summed E-state index contributed by atoms with van der Waals surface area (Å²) < 4.78 is 22.8. The molecule has 1 N–H and O–H groups in total. The van der Waals surface area contributed by atoms with Crippen LogP contribution >= 0.6 is 0 Å². The first-order valence-electron chi connectivity index (χ1n) is 6.40. The predicted octanol–water partition coefficient (Wildman–Crippen LogP) is 1.61. The zero-order valence-electron chi connectivity index (χ0n) is 10.7. The van der Waals surface area contributed by atoms with Gasteiger partial charge in [-0.3, -0.25) is 9.78 Å². The van der Waals surface area contributed by atoms with Gasteiger partial charge in [0.1, 0.15) is 0 Å². The Kier molecular flexibility index (Phi) is 3.17. The highest BCUT2D eigenvalue weighted by Gasteiger charge is 2.32. The Morgan fingerprint density at radius 2 is 2.10 bits per heavy atom. The summed E-state index contributed by atoms with van der Waals surface area (Å²) in [6, 6.07) is 9.45. The highest BCUT2D eigenvalue weighted by atomic mass is 32.2. The molecule has 0 spiro atoms. The number of para-hydroxylation sites is 1. The van der Waals surface area contributed by atoms with E-state index in [2.05, 4.69) is 10.3 Å². The first-order valence-corrected chi connectivity index (χ1v) is 8.22. The number of carbonyl (C=O) groups excluding carboxylic acids is 1. The summed E-state index contributed by atoms with van der Waals surface area (Å²) in [5.41, 5.74) is 1.45. The van der Waals surface area contributed by atoms with Crippen LogP contribution in [-0.4, -0.2) is 30.8 Å². The minimum atomic E-state index is -3.04. The second kappa shape index (κ2) is 4.86. The van der Waals surface area contributed by atoms with Crippen LogP contribution in [0.25, 0.3) is 10.9 Å². The van der Waals surface area contributed by atoms with Crippen molar-refractivity contribution in [3.05, 3.63) is 36.5 Å². The van der Waals surface area contributed by atoms with Crippen LogP contribution < -0.4 is 5.32 Å². The molecule has 3 rings (SSSR count). The Morgan fingerprint density at radius 3 is 2.85 bits per heavy atom. The second-order valence-electron chi connectivity index (χ2n) is 5.01. The van der Waals surface area contributed by atoms with Gasteiger partial charge in [-0.05, 0) is 18.6 Å². The van der Waals surface area contributed by atoms with Crippen LogP contribution in [0.15, 0.2) is 36.5 Å². The Hall–Kier alpha value is -1.95. The van der Waals surface area contributed by atoms with Crippen molar-refractivity contribution in [2.75, 3.05) is 16.8 Å². The zero-order valence-corrected chi connectivity index (χ0v) is 11.6. The minimum absolute atomic E-state index is 0.0557. The van der Waals surface area contributed by atoms with Gasteiger partial charge in [-0.25, -0.2) is 8.42 Å². The van der Waals surface area contributed by atoms with E-state index in [1.807, 2.05) is 30.3 Å². The van der Waals surface area contributed by atoms with Crippen LogP contribution in [0.3, 0.4) is 0 Å². The molecule has 0 bridgehead atoms. The largest absolute Gasteiger partial charge is 0.324 e. The molecule has 0 saturated carbocycles. The lowest BCUT2D eigenvalue weighted by Gasteiger charge is -2.09. The summed E-state index contributed by atoms with van der Waals surface area (Å²) in [4.78, 5) is 16.3. The standard InChI is InChI=1S/C14H14N2O3S/c17-14(11-5-6-20(18,19)9-11)16-12-7-10-3-1-2-4-13(10)15-8-12/h1-4,7-8,11H,5-6,9H2,(H,16,17). The molecule has 0 aliphatic carbocycles. The number of aromatic nitrogens is 1. The van der Waals surface area contributed by atoms with E-state index in [1.165, 1.54) is 0 Å². The zero-order chi connectivity index (χ0) is 14.2. The van der Waals surface area contributed by atoms with Crippen molar-refractivity contribution >= 4 is 32.3 Å². The molecule has 5 nitrogen and oxygen atoms in total. The van der Waals surface area contributed by atoms with Crippen molar-refractivity contribution in [3.63, 3.8) is 0 Å². The molecule has 1 atom stereocenters. The Balaban J connectivity index is 1.78. The van der Waals surface area contributed by atoms with Gasteiger partial charge in [-0.2, -0.15) is 0 Å². The maximum absolute atomic E-state index is 12.0. The van der Waals surface area contributed by atoms with Crippen molar-refractivity contribution in [1.82, 2.24) is 4.98 Å². The number of nitrogens with zero attached hydrogens (tertiary/aromatic N) is 1. The molecule has 104 valence electrons. The van der Waals surface area contributed by atoms with Crippen molar-refractivity contribution in [1.29, 1.82) is 0 Å². The van der Waals surface area contributed by atoms with Gasteiger partial charge in [0, 0.05) is 5.39 Å². The smallest absolute Gasteiger partial charge is 0.228 e. The first kappa shape index (κ1) is 13.1. The molecule has 1 amide bonds. The fourth-order valence-electron chi connectivity index (χ4n) is 2.39. The lowest BCUT2D eigenvalue weighted by atomic mass is 10.1. The van der Waals surface area contributed by atoms with E-state index >= 15 is 0 Å². The molecule has 6 heteroatoms. The number of anilines is 1. The Labute approximate surface area is 116 Å². The number of nitrogens with one attached hydrogen (secondary N) is 1. The van der Waals surface area contributed by atoms with Crippen LogP contribution in [0.4, 0.5) is 5.69 Å². The van der Waals surface area contributed by atoms with E-state index in [0.29, 0.717) is 12.1 Å². The molecule has 1 aromatic carbocycles. The number of hydrogen-bond acceptors (Lipinski definition) is 4. The van der Waals surface area contributed by atoms with Crippen LogP contribution in [0, 0.1) is 5.92 Å². The monoisotopic (exact) mass is 290 g/mol. The fourth-order valence-corrected chi connectivity index (χ4v) is 4.13. The fraction of sp³-hybridized carbons (Fsp3) is 0.286. The molecule has 1 unspecified atom stereocenters. The molecule has 0 radical (unpaired) electrons. The van der Waals surface area contributed by atoms with Crippen LogP contribution in [0.2, 0.25) is 0 Å². The molecule has 1 aliphatic heterocycles. The Bertz CT molecular complexity index is 771. The number of sulfone groups is 1. The van der Waals surface area contributed by atoms with E-state index in [4.69, 9.17) is 0 Å². The van der Waals surface area contributed by atoms with Crippen molar-refractivity contribution in [3.8, 4) is 0 Å². The number of benzene rings is 1. The van der Waals surface area contributed by atoms with Crippen LogP contribution in [0.5, 0.6) is 0 Å². The quantitative estimate of drug-likeness (QED) is 0.911. The van der Waals surface area contributed by atoms with E-state index in [1.54, 1.807) is 6.20 Å². The lowest BCUT2D eigenvalue weighted by molar-refractivity contribution is -0.119. The third-order valence-electron chi connectivity index (χ3n) is 3.46. The van der Waals surface area contributed by atoms with Gasteiger partial charge in [-0.15, -0.1) is 0 Å². The first-order chi connectivity index (χ1) is 9.53. The normalized spacial score (nSPS) is 20.9. The van der Waals surface area contributed by atoms with Gasteiger partial charge < -0.3 is 5.32 Å². The number of amides is 1. The summed E-state index contributed by atoms with van der Waals surface area (Å²) in [6.45, 7) is 0. The molecular weight excluding hydrogens is 276 g/mol. The average Bonchev–Trinajstić information content (AvgIpc) is 2.79. The van der Waals surface area contributed by atoms with Gasteiger partial charge in [0.2, 0.25) is 5.91 Å². The number of pyridine rings is 1. The summed E-state index contributed by atoms with van der Waals surface area (Å²) in [5.74, 6) is -0.657. The van der Waals surface area contributed by atoms with Crippen LogP contribution in [-0.2, 0) is 14.6 Å². The Morgan fingerprint density at radius 1 is 1.30 bits per heavy atom. The van der Waals surface area contributed by atoms with Gasteiger partial charge in [0.25, 0.3) is 0 Å². The summed E-state index contributed by atoms with van der Waals surface area (Å²) in [6.07, 6.45) is 1.98. The molecule has 2 aromatic rings. The SMILES string of the molecule is O=C(Nc1cnc2ccccc2c1)C1CCS(=O)(=O)C1. The van der Waals surface area contributed by atoms with Crippen molar-refractivity contribution in [2.45, 2.75) is 6.42 Å². The van der Waals surface area contributed by atoms with E-state index < -0.39 is 15.8 Å². The average molecular weight is 290 g/mol. The van der Waals surface area contributed by atoms with Crippen LogP contribution in [0.1, 0.15) is 6.42 Å². The van der Waals surface area contributed by atoms with Crippen molar-refractivity contribution in [2.24, 2.45) is 5.92 Å². The predicted molar refractivity (Wildman–Crippen MR) is 77.1 cm³/mol. The van der Waals surface area contributed by atoms with Gasteiger partial charge in [0.15, 0.2) is 9.84 Å². The molecule has 1 fully saturated rings. The van der Waals surface area contributed by atoms with E-state index in [0.717, 1.165) is 10.9 Å². The third-order valence-corrected chi connectivity index (χ3v) is 5.23. The number of fused-ring (bicyclic) bond motifs is 1. The molecular formula is C14H14N2O3S. The molecule has 2 heterocycles. The highest BCUT2D eigenvalue weighted by molar-refractivity contribution is 7.91. The molecule has 1 saturated heterocycles. The summed E-state index contributed by atoms with van der Waals surface area (Å²) in [7, 11) is -3.04. The minimum Gasteiger partial charge on any atom is -0.324 e. The summed E-state index contributed by atoms with van der Waals surface area (Å²) in [5, 5.41) is 3.68. The third kappa shape index (κ3) is 2.65. The summed E-state index contributed by atoms with van der Waals surface area (Å²) >= 11 is 0. The van der Waals surface area contributed by atoms with Gasteiger partial charge >= 0.3 is 0 Å². The maximum atomic E-state index is 12.0. The van der Waals surface area contributed by atoms with Crippen molar-refractivity contribution < 1.29 is 13.2 Å². The topological polar surface area (TPSA) is 76.1 Å². The number of rotatable bonds is 2. The maximum Gasteiger partial charge on any atom is 0.228 e. The number of carbonyl (C=O) groups is 1. The second-order valence-corrected chi connectivity index (χ2v) is 7.23. The highest BCUT2D eigenvalue weighted by Crippen LogP contribution is 2.21. The molecule has 1 aromatic heterocycles. The number of hydrogen-bond donors (Lipinski definition) is 1. The van der Waals surface area contributed by atoms with E-state index in [9.17, 15) is 13.2 Å². The van der Waals surface area contributed by atoms with Gasteiger partial charge in [0.05, 0.1) is 34.8 Å². The van der Waals surface area contributed by atoms with E-state index in [-0.39, 0.29) is 17.4 Å². The molecule has 1 aliphatic rings.